The Morgan fingerprint density at radius 3 is 2.95 bits per heavy atom. The predicted molar refractivity (Wildman–Crippen MR) is 87.7 cm³/mol. The Morgan fingerprint density at radius 2 is 2.24 bits per heavy atom. The molecule has 2 aromatic rings. The minimum atomic E-state index is 0.596. The highest BCUT2D eigenvalue weighted by Crippen LogP contribution is 2.29. The molecule has 0 bridgehead atoms. The Labute approximate surface area is 132 Å². The van der Waals surface area contributed by atoms with E-state index >= 15 is 0 Å². The molecule has 1 aromatic heterocycles. The average molecular weight is 346 g/mol. The van der Waals surface area contributed by atoms with Gasteiger partial charge in [0.2, 0.25) is 5.95 Å². The van der Waals surface area contributed by atoms with Crippen LogP contribution in [0.1, 0.15) is 18.9 Å². The Balaban J connectivity index is 2.33. The average Bonchev–Trinajstić information content (AvgIpc) is 2.53. The van der Waals surface area contributed by atoms with E-state index in [-0.39, 0.29) is 0 Å². The summed E-state index contributed by atoms with van der Waals surface area (Å²) >= 11 is 3.47. The first kappa shape index (κ1) is 15.3. The summed E-state index contributed by atoms with van der Waals surface area (Å²) in [6.45, 7) is 2.92. The van der Waals surface area contributed by atoms with Crippen molar-refractivity contribution in [2.24, 2.45) is 0 Å². The molecule has 1 heterocycles. The van der Waals surface area contributed by atoms with Gasteiger partial charge in [0.05, 0.1) is 16.1 Å². The van der Waals surface area contributed by atoms with Gasteiger partial charge in [-0.15, -0.1) is 0 Å². The lowest BCUT2D eigenvalue weighted by Crippen LogP contribution is -2.14. The minimum absolute atomic E-state index is 0.596. The first-order chi connectivity index (χ1) is 10.2. The Hall–Kier alpha value is -2.13. The molecule has 0 atom stereocenters. The fourth-order valence-electron chi connectivity index (χ4n) is 1.82. The van der Waals surface area contributed by atoms with Crippen molar-refractivity contribution in [3.05, 3.63) is 40.5 Å². The molecule has 1 N–H and O–H groups in total. The summed E-state index contributed by atoms with van der Waals surface area (Å²) in [4.78, 5) is 10.7. The molecule has 0 radical (unpaired) electrons. The summed E-state index contributed by atoms with van der Waals surface area (Å²) in [6.07, 6.45) is 2.74. The van der Waals surface area contributed by atoms with Crippen molar-refractivity contribution in [1.29, 1.82) is 5.26 Å². The maximum absolute atomic E-state index is 9.00. The van der Waals surface area contributed by atoms with Gasteiger partial charge in [0, 0.05) is 25.5 Å². The van der Waals surface area contributed by atoms with Gasteiger partial charge in [0.25, 0.3) is 0 Å². The van der Waals surface area contributed by atoms with Crippen LogP contribution in [0.25, 0.3) is 0 Å². The van der Waals surface area contributed by atoms with Crippen LogP contribution in [0, 0.1) is 11.3 Å². The summed E-state index contributed by atoms with van der Waals surface area (Å²) in [5.41, 5.74) is 1.52. The molecule has 2 rings (SSSR count). The van der Waals surface area contributed by atoms with E-state index < -0.39 is 0 Å². The SMILES string of the molecule is CCCNc1ncc(Br)c(N(C)c2cccc(C#N)c2)n1. The zero-order valence-electron chi connectivity index (χ0n) is 12.0. The van der Waals surface area contributed by atoms with Crippen LogP contribution in [-0.4, -0.2) is 23.6 Å². The summed E-state index contributed by atoms with van der Waals surface area (Å²) in [6, 6.07) is 9.55. The fraction of sp³-hybridized carbons (Fsp3) is 0.267. The summed E-state index contributed by atoms with van der Waals surface area (Å²) in [5, 5.41) is 12.2. The molecule has 0 amide bonds. The minimum Gasteiger partial charge on any atom is -0.354 e. The number of hydrogen-bond acceptors (Lipinski definition) is 5. The van der Waals surface area contributed by atoms with Crippen molar-refractivity contribution in [1.82, 2.24) is 9.97 Å². The molecule has 0 fully saturated rings. The van der Waals surface area contributed by atoms with Gasteiger partial charge in [-0.3, -0.25) is 0 Å². The molecule has 108 valence electrons. The van der Waals surface area contributed by atoms with E-state index in [4.69, 9.17) is 5.26 Å². The number of rotatable bonds is 5. The van der Waals surface area contributed by atoms with Crippen molar-refractivity contribution in [3.8, 4) is 6.07 Å². The molecule has 0 unspecified atom stereocenters. The number of halogens is 1. The van der Waals surface area contributed by atoms with Crippen LogP contribution in [0.4, 0.5) is 17.5 Å². The van der Waals surface area contributed by atoms with Gasteiger partial charge in [0.15, 0.2) is 5.82 Å². The summed E-state index contributed by atoms with van der Waals surface area (Å²) in [7, 11) is 1.91. The smallest absolute Gasteiger partial charge is 0.224 e. The lowest BCUT2D eigenvalue weighted by Gasteiger charge is -2.20. The van der Waals surface area contributed by atoms with Crippen LogP contribution < -0.4 is 10.2 Å². The quantitative estimate of drug-likeness (QED) is 0.894. The van der Waals surface area contributed by atoms with Crippen molar-refractivity contribution < 1.29 is 0 Å². The molecule has 1 aromatic carbocycles. The zero-order valence-corrected chi connectivity index (χ0v) is 13.6. The third-order valence-corrected chi connectivity index (χ3v) is 3.50. The van der Waals surface area contributed by atoms with Crippen molar-refractivity contribution >= 4 is 33.4 Å². The first-order valence-electron chi connectivity index (χ1n) is 6.66. The molecule has 0 aliphatic rings. The van der Waals surface area contributed by atoms with Crippen LogP contribution in [0.15, 0.2) is 34.9 Å². The molecule has 0 saturated heterocycles. The number of hydrogen-bond donors (Lipinski definition) is 1. The van der Waals surface area contributed by atoms with E-state index in [1.165, 1.54) is 0 Å². The normalized spacial score (nSPS) is 10.0. The van der Waals surface area contributed by atoms with Crippen molar-refractivity contribution in [3.63, 3.8) is 0 Å². The highest BCUT2D eigenvalue weighted by atomic mass is 79.9. The molecule has 21 heavy (non-hydrogen) atoms. The molecule has 5 nitrogen and oxygen atoms in total. The number of nitrogens with zero attached hydrogens (tertiary/aromatic N) is 4. The third kappa shape index (κ3) is 3.70. The maximum atomic E-state index is 9.00. The molecule has 0 saturated carbocycles. The molecule has 0 aliphatic heterocycles. The lowest BCUT2D eigenvalue weighted by molar-refractivity contribution is 0.946. The second-order valence-electron chi connectivity index (χ2n) is 4.51. The van der Waals surface area contributed by atoms with Gasteiger partial charge in [-0.25, -0.2) is 4.98 Å². The van der Waals surface area contributed by atoms with E-state index in [0.717, 1.165) is 28.9 Å². The van der Waals surface area contributed by atoms with Gasteiger partial charge < -0.3 is 10.2 Å². The maximum Gasteiger partial charge on any atom is 0.224 e. The number of anilines is 3. The first-order valence-corrected chi connectivity index (χ1v) is 7.45. The van der Waals surface area contributed by atoms with E-state index in [9.17, 15) is 0 Å². The van der Waals surface area contributed by atoms with E-state index in [1.54, 1.807) is 12.3 Å². The van der Waals surface area contributed by atoms with Gasteiger partial charge in [-0.2, -0.15) is 10.2 Å². The largest absolute Gasteiger partial charge is 0.354 e. The van der Waals surface area contributed by atoms with E-state index in [2.05, 4.69) is 44.2 Å². The highest BCUT2D eigenvalue weighted by molar-refractivity contribution is 9.10. The topological polar surface area (TPSA) is 64.8 Å². The van der Waals surface area contributed by atoms with Crippen LogP contribution in [0.3, 0.4) is 0 Å². The standard InChI is InChI=1S/C15H16BrN5/c1-3-7-18-15-19-10-13(16)14(20-15)21(2)12-6-4-5-11(8-12)9-17/h4-6,8,10H,3,7H2,1-2H3,(H,18,19,20). The van der Waals surface area contributed by atoms with Crippen LogP contribution in [0.2, 0.25) is 0 Å². The third-order valence-electron chi connectivity index (χ3n) is 2.94. The second-order valence-corrected chi connectivity index (χ2v) is 5.37. The van der Waals surface area contributed by atoms with E-state index in [1.807, 2.05) is 30.1 Å². The van der Waals surface area contributed by atoms with Crippen LogP contribution in [0.5, 0.6) is 0 Å². The molecular formula is C15H16BrN5. The number of nitriles is 1. The summed E-state index contributed by atoms with van der Waals surface area (Å²) < 4.78 is 0.800. The zero-order chi connectivity index (χ0) is 15.2. The summed E-state index contributed by atoms with van der Waals surface area (Å²) in [5.74, 6) is 1.34. The highest BCUT2D eigenvalue weighted by Gasteiger charge is 2.12. The van der Waals surface area contributed by atoms with Gasteiger partial charge in [-0.05, 0) is 40.5 Å². The fourth-order valence-corrected chi connectivity index (χ4v) is 2.28. The molecule has 0 spiro atoms. The lowest BCUT2D eigenvalue weighted by atomic mass is 10.2. The van der Waals surface area contributed by atoms with Crippen molar-refractivity contribution in [2.75, 3.05) is 23.8 Å². The van der Waals surface area contributed by atoms with Gasteiger partial charge in [-0.1, -0.05) is 13.0 Å². The number of nitrogens with one attached hydrogen (secondary N) is 1. The van der Waals surface area contributed by atoms with Gasteiger partial charge >= 0.3 is 0 Å². The van der Waals surface area contributed by atoms with Crippen LogP contribution >= 0.6 is 15.9 Å². The number of benzene rings is 1. The monoisotopic (exact) mass is 345 g/mol. The molecule has 0 aliphatic carbocycles. The Bertz CT molecular complexity index is 665. The van der Waals surface area contributed by atoms with Gasteiger partial charge in [0.1, 0.15) is 0 Å². The number of aromatic nitrogens is 2. The Kier molecular flexibility index (Phi) is 5.12. The Morgan fingerprint density at radius 1 is 1.43 bits per heavy atom. The molecule has 6 heteroatoms. The van der Waals surface area contributed by atoms with Crippen molar-refractivity contribution in [2.45, 2.75) is 13.3 Å². The second kappa shape index (κ2) is 7.04. The molecular weight excluding hydrogens is 330 g/mol. The predicted octanol–water partition coefficient (Wildman–Crippen LogP) is 3.70. The van der Waals surface area contributed by atoms with E-state index in [0.29, 0.717) is 11.5 Å². The van der Waals surface area contributed by atoms with Crippen LogP contribution in [-0.2, 0) is 0 Å².